The predicted octanol–water partition coefficient (Wildman–Crippen LogP) is 1.08. The number of nitrogens with one attached hydrogen (secondary N) is 2. The van der Waals surface area contributed by atoms with Crippen LogP contribution in [0.4, 0.5) is 0 Å². The van der Waals surface area contributed by atoms with Crippen molar-refractivity contribution >= 4 is 11.9 Å². The van der Waals surface area contributed by atoms with Gasteiger partial charge in [-0.25, -0.2) is 4.79 Å². The van der Waals surface area contributed by atoms with E-state index in [-0.39, 0.29) is 17.8 Å². The van der Waals surface area contributed by atoms with Crippen molar-refractivity contribution in [2.45, 2.75) is 45.6 Å². The summed E-state index contributed by atoms with van der Waals surface area (Å²) in [5.74, 6) is 0.122. The van der Waals surface area contributed by atoms with Crippen molar-refractivity contribution in [3.63, 3.8) is 0 Å². The minimum absolute atomic E-state index is 0.0393. The molecule has 2 N–H and O–H groups in total. The Bertz CT molecular complexity index is 301. The lowest BCUT2D eigenvalue weighted by Crippen LogP contribution is -2.46. The molecule has 1 fully saturated rings. The van der Waals surface area contributed by atoms with Gasteiger partial charge in [-0.3, -0.25) is 4.79 Å². The van der Waals surface area contributed by atoms with Gasteiger partial charge >= 0.3 is 5.97 Å². The molecule has 0 bridgehead atoms. The summed E-state index contributed by atoms with van der Waals surface area (Å²) >= 11 is 0. The van der Waals surface area contributed by atoms with Crippen LogP contribution in [-0.4, -0.2) is 38.1 Å². The topological polar surface area (TPSA) is 67.4 Å². The summed E-state index contributed by atoms with van der Waals surface area (Å²) in [4.78, 5) is 23.7. The lowest BCUT2D eigenvalue weighted by atomic mass is 9.93. The molecule has 19 heavy (non-hydrogen) atoms. The molecule has 0 saturated carbocycles. The van der Waals surface area contributed by atoms with Crippen LogP contribution in [0.3, 0.4) is 0 Å². The first-order chi connectivity index (χ1) is 9.08. The molecule has 110 valence electrons. The van der Waals surface area contributed by atoms with E-state index in [9.17, 15) is 9.59 Å². The van der Waals surface area contributed by atoms with Crippen LogP contribution in [0.5, 0.6) is 0 Å². The second-order valence-electron chi connectivity index (χ2n) is 5.35. The van der Waals surface area contributed by atoms with E-state index >= 15 is 0 Å². The monoisotopic (exact) mass is 270 g/mol. The molecule has 5 nitrogen and oxygen atoms in total. The van der Waals surface area contributed by atoms with Crippen LogP contribution < -0.4 is 10.6 Å². The second kappa shape index (κ2) is 8.15. The molecule has 1 aliphatic heterocycles. The molecule has 1 amide bonds. The maximum absolute atomic E-state index is 12.0. The SMILES string of the molecule is CCC(C)C(NC(=O)CC1CCNCC1)C(=O)OC. The molecule has 1 rings (SSSR count). The van der Waals surface area contributed by atoms with Crippen LogP contribution in [0.25, 0.3) is 0 Å². The Balaban J connectivity index is 2.48. The average molecular weight is 270 g/mol. The lowest BCUT2D eigenvalue weighted by molar-refractivity contribution is -0.146. The van der Waals surface area contributed by atoms with Gasteiger partial charge in [0.15, 0.2) is 0 Å². The Labute approximate surface area is 115 Å². The number of ether oxygens (including phenoxy) is 1. The highest BCUT2D eigenvalue weighted by molar-refractivity contribution is 5.84. The maximum Gasteiger partial charge on any atom is 0.328 e. The first-order valence-corrected chi connectivity index (χ1v) is 7.16. The van der Waals surface area contributed by atoms with Gasteiger partial charge in [0, 0.05) is 6.42 Å². The highest BCUT2D eigenvalue weighted by Gasteiger charge is 2.27. The van der Waals surface area contributed by atoms with Crippen molar-refractivity contribution in [2.75, 3.05) is 20.2 Å². The molecule has 2 unspecified atom stereocenters. The van der Waals surface area contributed by atoms with Crippen LogP contribution in [0.2, 0.25) is 0 Å². The summed E-state index contributed by atoms with van der Waals surface area (Å²) < 4.78 is 4.76. The van der Waals surface area contributed by atoms with Gasteiger partial charge in [-0.1, -0.05) is 20.3 Å². The number of esters is 1. The van der Waals surface area contributed by atoms with E-state index in [1.807, 2.05) is 13.8 Å². The number of piperidine rings is 1. The summed E-state index contributed by atoms with van der Waals surface area (Å²) in [5.41, 5.74) is 0. The molecule has 0 radical (unpaired) electrons. The third kappa shape index (κ3) is 5.19. The van der Waals surface area contributed by atoms with Gasteiger partial charge in [-0.15, -0.1) is 0 Å². The number of methoxy groups -OCH3 is 1. The lowest BCUT2D eigenvalue weighted by Gasteiger charge is -2.25. The Morgan fingerprint density at radius 2 is 2.00 bits per heavy atom. The van der Waals surface area contributed by atoms with Gasteiger partial charge in [0.25, 0.3) is 0 Å². The zero-order chi connectivity index (χ0) is 14.3. The first-order valence-electron chi connectivity index (χ1n) is 7.16. The number of amides is 1. The molecule has 0 aliphatic carbocycles. The van der Waals surface area contributed by atoms with Crippen LogP contribution in [-0.2, 0) is 14.3 Å². The van der Waals surface area contributed by atoms with Crippen LogP contribution in [0, 0.1) is 11.8 Å². The van der Waals surface area contributed by atoms with E-state index in [2.05, 4.69) is 10.6 Å². The predicted molar refractivity (Wildman–Crippen MR) is 73.6 cm³/mol. The molecule has 2 atom stereocenters. The van der Waals surface area contributed by atoms with Crippen molar-refractivity contribution in [2.24, 2.45) is 11.8 Å². The van der Waals surface area contributed by atoms with Gasteiger partial charge in [-0.05, 0) is 37.8 Å². The van der Waals surface area contributed by atoms with Gasteiger partial charge in [0.2, 0.25) is 5.91 Å². The molecule has 1 aliphatic rings. The Morgan fingerprint density at radius 1 is 1.37 bits per heavy atom. The quantitative estimate of drug-likeness (QED) is 0.709. The van der Waals surface area contributed by atoms with E-state index in [4.69, 9.17) is 4.74 Å². The molecule has 1 saturated heterocycles. The summed E-state index contributed by atoms with van der Waals surface area (Å²) in [6.07, 6.45) is 3.39. The van der Waals surface area contributed by atoms with Gasteiger partial charge in [0.05, 0.1) is 7.11 Å². The molecule has 1 heterocycles. The molecular formula is C14H26N2O3. The molecular weight excluding hydrogens is 244 g/mol. The van der Waals surface area contributed by atoms with Crippen molar-refractivity contribution in [1.29, 1.82) is 0 Å². The van der Waals surface area contributed by atoms with E-state index < -0.39 is 6.04 Å². The fourth-order valence-electron chi connectivity index (χ4n) is 2.38. The number of carbonyl (C=O) groups is 2. The van der Waals surface area contributed by atoms with E-state index in [1.165, 1.54) is 7.11 Å². The van der Waals surface area contributed by atoms with Crippen molar-refractivity contribution in [3.05, 3.63) is 0 Å². The third-order valence-corrected chi connectivity index (χ3v) is 3.92. The van der Waals surface area contributed by atoms with E-state index in [0.29, 0.717) is 12.3 Å². The first kappa shape index (κ1) is 16.0. The van der Waals surface area contributed by atoms with Crippen molar-refractivity contribution < 1.29 is 14.3 Å². The van der Waals surface area contributed by atoms with Crippen molar-refractivity contribution in [3.8, 4) is 0 Å². The fourth-order valence-corrected chi connectivity index (χ4v) is 2.38. The smallest absolute Gasteiger partial charge is 0.328 e. The fraction of sp³-hybridized carbons (Fsp3) is 0.857. The maximum atomic E-state index is 12.0. The average Bonchev–Trinajstić information content (AvgIpc) is 2.44. The van der Waals surface area contributed by atoms with Gasteiger partial charge < -0.3 is 15.4 Å². The van der Waals surface area contributed by atoms with Crippen LogP contribution in [0.1, 0.15) is 39.5 Å². The molecule has 0 spiro atoms. The molecule has 5 heteroatoms. The second-order valence-corrected chi connectivity index (χ2v) is 5.35. The van der Waals surface area contributed by atoms with Gasteiger partial charge in [-0.2, -0.15) is 0 Å². The minimum Gasteiger partial charge on any atom is -0.467 e. The molecule has 0 aromatic rings. The zero-order valence-electron chi connectivity index (χ0n) is 12.2. The van der Waals surface area contributed by atoms with E-state index in [1.54, 1.807) is 0 Å². The zero-order valence-corrected chi connectivity index (χ0v) is 12.2. The molecule has 0 aromatic heterocycles. The standard InChI is InChI=1S/C14H26N2O3/c1-4-10(2)13(14(18)19-3)16-12(17)9-11-5-7-15-8-6-11/h10-11,13,15H,4-9H2,1-3H3,(H,16,17). The highest BCUT2D eigenvalue weighted by atomic mass is 16.5. The Kier molecular flexibility index (Phi) is 6.84. The molecule has 0 aromatic carbocycles. The summed E-state index contributed by atoms with van der Waals surface area (Å²) in [7, 11) is 1.36. The highest BCUT2D eigenvalue weighted by Crippen LogP contribution is 2.16. The number of carbonyl (C=O) groups excluding carboxylic acids is 2. The third-order valence-electron chi connectivity index (χ3n) is 3.92. The normalized spacial score (nSPS) is 19.5. The Morgan fingerprint density at radius 3 is 2.53 bits per heavy atom. The largest absolute Gasteiger partial charge is 0.467 e. The number of rotatable bonds is 6. The van der Waals surface area contributed by atoms with E-state index in [0.717, 1.165) is 32.4 Å². The number of hydrogen-bond donors (Lipinski definition) is 2. The number of hydrogen-bond acceptors (Lipinski definition) is 4. The summed E-state index contributed by atoms with van der Waals surface area (Å²) in [6.45, 7) is 5.90. The summed E-state index contributed by atoms with van der Waals surface area (Å²) in [5, 5.41) is 6.11. The van der Waals surface area contributed by atoms with Gasteiger partial charge in [0.1, 0.15) is 6.04 Å². The van der Waals surface area contributed by atoms with Crippen molar-refractivity contribution in [1.82, 2.24) is 10.6 Å². The van der Waals surface area contributed by atoms with Crippen LogP contribution >= 0.6 is 0 Å². The Hall–Kier alpha value is -1.10. The summed E-state index contributed by atoms with van der Waals surface area (Å²) in [6, 6.07) is -0.524. The minimum atomic E-state index is -0.524. The van der Waals surface area contributed by atoms with Crippen LogP contribution in [0.15, 0.2) is 0 Å².